The Morgan fingerprint density at radius 1 is 0.756 bits per heavy atom. The Balaban J connectivity index is 0.000000207. The van der Waals surface area contributed by atoms with Gasteiger partial charge in [-0.3, -0.25) is 0 Å². The number of rotatable bonds is 5. The van der Waals surface area contributed by atoms with E-state index in [9.17, 15) is 19.8 Å². The van der Waals surface area contributed by atoms with Crippen molar-refractivity contribution in [2.75, 3.05) is 13.2 Å². The number of aliphatic hydroxyl groups excluding tert-OH is 3. The van der Waals surface area contributed by atoms with Crippen LogP contribution in [0.15, 0.2) is 83.7 Å². The molecular weight excluding hydrogens is 665 g/mol. The molecule has 3 N–H and O–H groups in total. The molecule has 13 heteroatoms. The number of hydrogen-bond donors (Lipinski definition) is 3. The van der Waals surface area contributed by atoms with Gasteiger partial charge in [-0.2, -0.15) is 24.6 Å². The molecule has 2 aromatic carbocycles. The first-order chi connectivity index (χ1) is 20.8. The summed E-state index contributed by atoms with van der Waals surface area (Å²) in [5.74, 6) is -4.92. The van der Waals surface area contributed by atoms with Crippen LogP contribution in [-0.2, 0) is 82.1 Å². The zero-order valence-corrected chi connectivity index (χ0v) is 28.3. The second-order valence-corrected chi connectivity index (χ2v) is 11.1. The molecule has 0 saturated carbocycles. The van der Waals surface area contributed by atoms with Gasteiger partial charge < -0.3 is 48.5 Å². The van der Waals surface area contributed by atoms with Crippen molar-refractivity contribution in [1.82, 2.24) is 0 Å². The number of hydrogen-bond acceptors (Lipinski definition) is 12. The summed E-state index contributed by atoms with van der Waals surface area (Å²) in [6, 6.07) is 19.3. The van der Waals surface area contributed by atoms with Gasteiger partial charge in [-0.05, 0) is 33.3 Å². The zero-order chi connectivity index (χ0) is 32.1. The Morgan fingerprint density at radius 2 is 1.22 bits per heavy atom. The minimum absolute atomic E-state index is 0. The van der Waals surface area contributed by atoms with E-state index >= 15 is 0 Å². The maximum Gasteiger partial charge on any atom is 0.378 e. The van der Waals surface area contributed by atoms with Gasteiger partial charge in [0.2, 0.25) is 11.5 Å². The first-order valence-corrected chi connectivity index (χ1v) is 13.9. The van der Waals surface area contributed by atoms with Crippen LogP contribution in [0, 0.1) is 6.92 Å². The van der Waals surface area contributed by atoms with Gasteiger partial charge in [0.15, 0.2) is 35.3 Å². The monoisotopic (exact) mass is 702 g/mol. The number of cyclic esters (lactones) is 2. The van der Waals surface area contributed by atoms with Crippen LogP contribution in [0.5, 0.6) is 0 Å². The fraction of sp³-hybridized carbons (Fsp3) is 0.406. The zero-order valence-electron chi connectivity index (χ0n) is 25.5. The molecule has 0 bridgehead atoms. The Kier molecular flexibility index (Phi) is 12.5. The standard InChI is InChI=1S/C16H18O6.C9H12O6.C7H7.Y/c1-16(2)20-9-11(22-16)13-14(12(17)15(18)21-13)19-8-10-6-4-3-5-7-10;1-9(2)13-3-4(15-9)7-5(10)6(11)8(12)14-7;1-7-5-3-2-4-6-7;/h3-7,11,13,17H,8-9H2,1-2H3;4,7,10-11H,3H2,1-2H3;2-6H,1H2;/q;;-1;. The Labute approximate surface area is 286 Å². The van der Waals surface area contributed by atoms with Crippen LogP contribution in [0.25, 0.3) is 0 Å². The molecule has 12 nitrogen and oxygen atoms in total. The summed E-state index contributed by atoms with van der Waals surface area (Å²) >= 11 is 0. The SMILES string of the molecule is CC1(C)OCC(C2OC(=O)C(O)=C2O)O1.CC1(C)OCC(C2OC(=O)C(O)=C2OCc2ccccc2)O1.[CH2-]c1ccccc1.[Y]. The molecule has 0 amide bonds. The van der Waals surface area contributed by atoms with Crippen molar-refractivity contribution < 1.29 is 90.8 Å². The Hall–Kier alpha value is -3.13. The molecule has 2 saturated heterocycles. The van der Waals surface area contributed by atoms with E-state index in [-0.39, 0.29) is 58.3 Å². The fourth-order valence-electron chi connectivity index (χ4n) is 4.52. The van der Waals surface area contributed by atoms with Crippen molar-refractivity contribution in [2.45, 2.75) is 70.3 Å². The van der Waals surface area contributed by atoms with Crippen molar-refractivity contribution in [3.63, 3.8) is 0 Å². The molecule has 1 radical (unpaired) electrons. The summed E-state index contributed by atoms with van der Waals surface area (Å²) in [5, 5.41) is 28.4. The molecular formula is C32H37O12Y-. The first kappa shape index (κ1) is 36.3. The smallest absolute Gasteiger partial charge is 0.378 e. The number of esters is 2. The van der Waals surface area contributed by atoms with Gasteiger partial charge >= 0.3 is 11.9 Å². The molecule has 4 aliphatic rings. The largest absolute Gasteiger partial charge is 0.505 e. The second kappa shape index (κ2) is 15.4. The van der Waals surface area contributed by atoms with Gasteiger partial charge in [0, 0.05) is 32.7 Å². The molecule has 6 rings (SSSR count). The average Bonchev–Trinajstić information content (AvgIpc) is 3.70. The third-order valence-electron chi connectivity index (χ3n) is 6.67. The summed E-state index contributed by atoms with van der Waals surface area (Å²) in [6.45, 7) is 11.4. The molecule has 4 unspecified atom stereocenters. The number of aliphatic hydroxyl groups is 3. The summed E-state index contributed by atoms with van der Waals surface area (Å²) in [6.07, 6.45) is -2.86. The van der Waals surface area contributed by atoms with Gasteiger partial charge in [-0.25, -0.2) is 9.59 Å². The van der Waals surface area contributed by atoms with Gasteiger partial charge in [-0.1, -0.05) is 36.4 Å². The predicted molar refractivity (Wildman–Crippen MR) is 154 cm³/mol. The molecule has 0 aromatic heterocycles. The van der Waals surface area contributed by atoms with E-state index < -0.39 is 65.2 Å². The minimum Gasteiger partial charge on any atom is -0.505 e. The van der Waals surface area contributed by atoms with Crippen molar-refractivity contribution in [1.29, 1.82) is 0 Å². The van der Waals surface area contributed by atoms with E-state index in [2.05, 4.69) is 6.92 Å². The maximum atomic E-state index is 11.6. The van der Waals surface area contributed by atoms with Crippen LogP contribution in [0.1, 0.15) is 38.8 Å². The van der Waals surface area contributed by atoms with Gasteiger partial charge in [0.05, 0.1) is 13.2 Å². The topological polar surface area (TPSA) is 159 Å². The third-order valence-corrected chi connectivity index (χ3v) is 6.67. The summed E-state index contributed by atoms with van der Waals surface area (Å²) < 4.78 is 37.3. The van der Waals surface area contributed by atoms with Crippen LogP contribution in [0.3, 0.4) is 0 Å². The molecule has 4 atom stereocenters. The molecule has 2 aromatic rings. The first-order valence-electron chi connectivity index (χ1n) is 13.9. The van der Waals surface area contributed by atoms with Crippen LogP contribution in [0.4, 0.5) is 0 Å². The van der Waals surface area contributed by atoms with Crippen LogP contribution in [-0.4, -0.2) is 76.5 Å². The van der Waals surface area contributed by atoms with Crippen LogP contribution < -0.4 is 0 Å². The molecule has 2 fully saturated rings. The van der Waals surface area contributed by atoms with Gasteiger partial charge in [-0.15, -0.1) is 12.1 Å². The van der Waals surface area contributed by atoms with Crippen molar-refractivity contribution in [3.05, 3.63) is 102 Å². The van der Waals surface area contributed by atoms with Crippen molar-refractivity contribution in [2.24, 2.45) is 0 Å². The number of ether oxygens (including phenoxy) is 7. The van der Waals surface area contributed by atoms with Crippen molar-refractivity contribution in [3.8, 4) is 0 Å². The maximum absolute atomic E-state index is 11.6. The number of carbonyl (C=O) groups is 2. The second-order valence-electron chi connectivity index (χ2n) is 11.1. The predicted octanol–water partition coefficient (Wildman–Crippen LogP) is 4.31. The molecule has 4 aliphatic heterocycles. The molecule has 0 aliphatic carbocycles. The normalized spacial score (nSPS) is 26.1. The molecule has 45 heavy (non-hydrogen) atoms. The van der Waals surface area contributed by atoms with Gasteiger partial charge in [0.25, 0.3) is 0 Å². The van der Waals surface area contributed by atoms with E-state index in [1.54, 1.807) is 27.7 Å². The quantitative estimate of drug-likeness (QED) is 0.300. The summed E-state index contributed by atoms with van der Waals surface area (Å²) in [5.41, 5.74) is 1.99. The number of benzene rings is 2. The summed E-state index contributed by atoms with van der Waals surface area (Å²) in [4.78, 5) is 22.5. The van der Waals surface area contributed by atoms with Gasteiger partial charge in [0.1, 0.15) is 18.8 Å². The third kappa shape index (κ3) is 9.68. The van der Waals surface area contributed by atoms with Crippen LogP contribution in [0.2, 0.25) is 0 Å². The molecule has 4 heterocycles. The Morgan fingerprint density at radius 3 is 1.64 bits per heavy atom. The minimum atomic E-state index is -0.973. The van der Waals surface area contributed by atoms with E-state index in [4.69, 9.17) is 38.3 Å². The van der Waals surface area contributed by atoms with E-state index in [1.165, 1.54) is 0 Å². The van der Waals surface area contributed by atoms with E-state index in [1.807, 2.05) is 60.7 Å². The van der Waals surface area contributed by atoms with E-state index in [0.717, 1.165) is 11.1 Å². The molecule has 241 valence electrons. The number of carbonyl (C=O) groups excluding carboxylic acids is 2. The van der Waals surface area contributed by atoms with Crippen LogP contribution >= 0.6 is 0 Å². The van der Waals surface area contributed by atoms with Crippen molar-refractivity contribution >= 4 is 11.9 Å². The fourth-order valence-corrected chi connectivity index (χ4v) is 4.52. The Bertz CT molecular complexity index is 1370. The average molecular weight is 703 g/mol. The summed E-state index contributed by atoms with van der Waals surface area (Å²) in [7, 11) is 0. The van der Waals surface area contributed by atoms with E-state index in [0.29, 0.717) is 0 Å². The molecule has 0 spiro atoms.